The fourth-order valence-electron chi connectivity index (χ4n) is 7.57. The minimum absolute atomic E-state index is 0.191. The van der Waals surface area contributed by atoms with E-state index in [9.17, 15) is 13.9 Å². The van der Waals surface area contributed by atoms with Crippen molar-refractivity contribution in [3.8, 4) is 0 Å². The minimum atomic E-state index is -2.52. The predicted molar refractivity (Wildman–Crippen MR) is 67.8 cm³/mol. The molecule has 1 nitrogen and oxygen atoms in total. The normalized spacial score (nSPS) is 62.1. The van der Waals surface area contributed by atoms with Crippen LogP contribution >= 0.6 is 0 Å². The molecule has 5 saturated carbocycles. The maximum absolute atomic E-state index is 14.6. The third-order valence-corrected chi connectivity index (χ3v) is 7.64. The summed E-state index contributed by atoms with van der Waals surface area (Å²) in [6, 6.07) is 9.62. The molecule has 0 spiro atoms. The first-order valence-corrected chi connectivity index (χ1v) is 7.73. The van der Waals surface area contributed by atoms with E-state index in [0.29, 0.717) is 11.8 Å². The number of alkyl halides is 2. The highest BCUT2D eigenvalue weighted by molar-refractivity contribution is 5.41. The molecule has 9 atom stereocenters. The lowest BCUT2D eigenvalue weighted by Crippen LogP contribution is -2.59. The molecule has 1 N–H and O–H groups in total. The van der Waals surface area contributed by atoms with Crippen LogP contribution in [0.25, 0.3) is 0 Å². The Kier molecular flexibility index (Phi) is 1.45. The van der Waals surface area contributed by atoms with Crippen LogP contribution in [0.2, 0.25) is 0 Å². The van der Waals surface area contributed by atoms with Crippen LogP contribution in [0.4, 0.5) is 8.78 Å². The van der Waals surface area contributed by atoms with Gasteiger partial charge in [-0.3, -0.25) is 0 Å². The summed E-state index contributed by atoms with van der Waals surface area (Å²) in [6.07, 6.45) is 0.947. The number of rotatable bonds is 1. The lowest BCUT2D eigenvalue weighted by molar-refractivity contribution is -0.238. The monoisotopic (exact) mass is 274 g/mol. The number of aliphatic hydroxyl groups is 1. The van der Waals surface area contributed by atoms with E-state index in [-0.39, 0.29) is 23.7 Å². The molecule has 5 aliphatic carbocycles. The molecule has 0 aromatic heterocycles. The van der Waals surface area contributed by atoms with E-state index in [0.717, 1.165) is 12.0 Å². The molecule has 6 rings (SSSR count). The van der Waals surface area contributed by atoms with Crippen molar-refractivity contribution in [2.45, 2.75) is 17.9 Å². The molecule has 3 heteroatoms. The summed E-state index contributed by atoms with van der Waals surface area (Å²) in [6.45, 7) is 0. The van der Waals surface area contributed by atoms with Crippen LogP contribution in [0.1, 0.15) is 12.0 Å². The van der Waals surface area contributed by atoms with Crippen LogP contribution in [-0.2, 0) is 5.60 Å². The second kappa shape index (κ2) is 2.70. The van der Waals surface area contributed by atoms with E-state index in [4.69, 9.17) is 0 Å². The number of hydrogen-bond acceptors (Lipinski definition) is 1. The Morgan fingerprint density at radius 3 is 2.30 bits per heavy atom. The molecular weight excluding hydrogens is 258 g/mol. The third kappa shape index (κ3) is 0.739. The highest BCUT2D eigenvalue weighted by atomic mass is 19.3. The van der Waals surface area contributed by atoms with Gasteiger partial charge in [-0.05, 0) is 35.7 Å². The predicted octanol–water partition coefficient (Wildman–Crippen LogP) is 2.90. The molecule has 5 fully saturated rings. The average Bonchev–Trinajstić information content (AvgIpc) is 2.91. The summed E-state index contributed by atoms with van der Waals surface area (Å²) < 4.78 is 29.3. The van der Waals surface area contributed by atoms with Gasteiger partial charge in [-0.15, -0.1) is 0 Å². The van der Waals surface area contributed by atoms with E-state index in [1.165, 1.54) is 0 Å². The molecule has 5 aliphatic rings. The average molecular weight is 274 g/mol. The van der Waals surface area contributed by atoms with Gasteiger partial charge < -0.3 is 5.11 Å². The van der Waals surface area contributed by atoms with Crippen molar-refractivity contribution in [3.63, 3.8) is 0 Å². The number of fused-ring (bicyclic) bond motifs is 2. The number of halogens is 2. The summed E-state index contributed by atoms with van der Waals surface area (Å²) in [4.78, 5) is 0. The van der Waals surface area contributed by atoms with E-state index in [1.807, 2.05) is 30.3 Å². The van der Waals surface area contributed by atoms with Crippen LogP contribution in [0.3, 0.4) is 0 Å². The van der Waals surface area contributed by atoms with Crippen LogP contribution in [0.5, 0.6) is 0 Å². The topological polar surface area (TPSA) is 20.2 Å². The van der Waals surface area contributed by atoms with Gasteiger partial charge in [0.15, 0.2) is 0 Å². The molecule has 0 saturated heterocycles. The molecule has 1 aromatic rings. The summed E-state index contributed by atoms with van der Waals surface area (Å²) >= 11 is 0. The van der Waals surface area contributed by atoms with Crippen LogP contribution in [0.15, 0.2) is 30.3 Å². The first-order valence-electron chi connectivity index (χ1n) is 7.73. The van der Waals surface area contributed by atoms with Gasteiger partial charge in [0, 0.05) is 23.7 Å². The van der Waals surface area contributed by atoms with Gasteiger partial charge in [0.05, 0.1) is 5.60 Å². The molecule has 0 unspecified atom stereocenters. The van der Waals surface area contributed by atoms with Crippen molar-refractivity contribution in [2.75, 3.05) is 0 Å². The zero-order valence-electron chi connectivity index (χ0n) is 10.9. The Morgan fingerprint density at radius 2 is 1.55 bits per heavy atom. The van der Waals surface area contributed by atoms with Crippen molar-refractivity contribution >= 4 is 0 Å². The van der Waals surface area contributed by atoms with Gasteiger partial charge >= 0.3 is 0 Å². The fraction of sp³-hybridized carbons (Fsp3) is 0.647. The summed E-state index contributed by atoms with van der Waals surface area (Å²) in [5.41, 5.74) is -0.0935. The molecule has 0 radical (unpaired) electrons. The molecule has 104 valence electrons. The maximum atomic E-state index is 14.6. The van der Waals surface area contributed by atoms with Gasteiger partial charge in [-0.2, -0.15) is 0 Å². The van der Waals surface area contributed by atoms with E-state index in [1.54, 1.807) is 0 Å². The first-order chi connectivity index (χ1) is 9.58. The molecule has 0 aliphatic heterocycles. The number of hydrogen-bond donors (Lipinski definition) is 1. The van der Waals surface area contributed by atoms with Crippen molar-refractivity contribution < 1.29 is 13.9 Å². The highest BCUT2D eigenvalue weighted by Crippen LogP contribution is 2.89. The smallest absolute Gasteiger partial charge is 0.255 e. The van der Waals surface area contributed by atoms with Crippen molar-refractivity contribution in [2.24, 2.45) is 47.3 Å². The first kappa shape index (κ1) is 10.7. The Morgan fingerprint density at radius 1 is 0.900 bits per heavy atom. The Hall–Kier alpha value is -0.960. The largest absolute Gasteiger partial charge is 0.385 e. The summed E-state index contributed by atoms with van der Waals surface area (Å²) in [7, 11) is 0. The van der Waals surface area contributed by atoms with Gasteiger partial charge in [-0.1, -0.05) is 30.3 Å². The Bertz CT molecular complexity index is 629. The second-order valence-electron chi connectivity index (χ2n) is 7.69. The molecule has 20 heavy (non-hydrogen) atoms. The number of benzene rings is 1. The standard InChI is InChI=1S/C17H16F2O/c18-17(19)13-9-6-8-10-11(9)15(17)14(10)16(20,12(8)13)7-4-2-1-3-5-7/h1-5,8-15,20H,6H2/t8-,9-,10+,11-,12+,13-,14-,15+,16-/m0/s1. The Labute approximate surface area is 116 Å². The van der Waals surface area contributed by atoms with E-state index < -0.39 is 23.4 Å². The van der Waals surface area contributed by atoms with Gasteiger partial charge in [0.25, 0.3) is 5.92 Å². The molecule has 2 bridgehead atoms. The van der Waals surface area contributed by atoms with Crippen molar-refractivity contribution in [1.82, 2.24) is 0 Å². The van der Waals surface area contributed by atoms with Gasteiger partial charge in [0.2, 0.25) is 0 Å². The van der Waals surface area contributed by atoms with Crippen LogP contribution in [-0.4, -0.2) is 11.0 Å². The quantitative estimate of drug-likeness (QED) is 0.835. The highest BCUT2D eigenvalue weighted by Gasteiger charge is 2.92. The van der Waals surface area contributed by atoms with Crippen molar-refractivity contribution in [1.29, 1.82) is 0 Å². The molecule has 1 aromatic carbocycles. The van der Waals surface area contributed by atoms with E-state index >= 15 is 0 Å². The molecular formula is C17H16F2O. The minimum Gasteiger partial charge on any atom is -0.385 e. The lowest BCUT2D eigenvalue weighted by atomic mass is 9.54. The molecule has 0 heterocycles. The fourth-order valence-corrected chi connectivity index (χ4v) is 7.57. The van der Waals surface area contributed by atoms with Crippen LogP contribution < -0.4 is 0 Å². The third-order valence-electron chi connectivity index (χ3n) is 7.64. The zero-order chi connectivity index (χ0) is 13.4. The maximum Gasteiger partial charge on any atom is 0.255 e. The van der Waals surface area contributed by atoms with Crippen LogP contribution in [0, 0.1) is 47.3 Å². The zero-order valence-corrected chi connectivity index (χ0v) is 10.9. The Balaban J connectivity index is 1.62. The van der Waals surface area contributed by atoms with Gasteiger partial charge in [-0.25, -0.2) is 8.78 Å². The van der Waals surface area contributed by atoms with Gasteiger partial charge in [0.1, 0.15) is 0 Å². The summed E-state index contributed by atoms with van der Waals surface area (Å²) in [5, 5.41) is 11.4. The summed E-state index contributed by atoms with van der Waals surface area (Å²) in [5.74, 6) is -2.85. The molecule has 0 amide bonds. The van der Waals surface area contributed by atoms with E-state index in [2.05, 4.69) is 0 Å². The lowest BCUT2D eigenvalue weighted by Gasteiger charge is -2.54. The SMILES string of the molecule is O[C@@]1(c2ccccc2)[C@@H]2[C@H]3C[C@H]4[C@H]5[C@@H]3[C@H]1[C@@H]5C(F)(F)[C@@H]42. The van der Waals surface area contributed by atoms with Crippen molar-refractivity contribution in [3.05, 3.63) is 35.9 Å². The second-order valence-corrected chi connectivity index (χ2v) is 7.69.